The Morgan fingerprint density at radius 2 is 0.774 bits per heavy atom. The highest BCUT2D eigenvalue weighted by Gasteiger charge is 2.63. The van der Waals surface area contributed by atoms with Gasteiger partial charge in [0.05, 0.1) is 16.1 Å². The van der Waals surface area contributed by atoms with Crippen LogP contribution in [0, 0.1) is 58.2 Å². The Kier molecular flexibility index (Phi) is 12.5. The average Bonchev–Trinajstić information content (AvgIpc) is 3.82. The van der Waals surface area contributed by atoms with Gasteiger partial charge in [-0.3, -0.25) is 0 Å². The second-order valence-corrected chi connectivity index (χ2v) is 32.1. The van der Waals surface area contributed by atoms with Gasteiger partial charge < -0.3 is 0 Å². The molecular weight excluding hydrogens is 669 g/mol. The quantitative estimate of drug-likeness (QED) is 0.189. The minimum atomic E-state index is -1.47. The van der Waals surface area contributed by atoms with Crippen LogP contribution in [0.1, 0.15) is 158 Å². The van der Waals surface area contributed by atoms with E-state index in [0.717, 1.165) is 47.3 Å². The van der Waals surface area contributed by atoms with Gasteiger partial charge in [-0.1, -0.05) is 191 Å². The molecule has 0 bridgehead atoms. The number of fused-ring (bicyclic) bond motifs is 3. The first-order chi connectivity index (χ1) is 25.2. The van der Waals surface area contributed by atoms with E-state index in [9.17, 15) is 0 Å². The molecule has 4 aliphatic rings. The summed E-state index contributed by atoms with van der Waals surface area (Å²) in [7, 11) is -2.94. The van der Waals surface area contributed by atoms with Gasteiger partial charge >= 0.3 is 0 Å². The summed E-state index contributed by atoms with van der Waals surface area (Å²) in [6, 6.07) is 30.1. The van der Waals surface area contributed by atoms with E-state index in [1.165, 1.54) is 100 Å². The summed E-state index contributed by atoms with van der Waals surface area (Å²) in [5.74, 6) is 6.68. The van der Waals surface area contributed by atoms with Gasteiger partial charge in [0.2, 0.25) is 0 Å². The van der Waals surface area contributed by atoms with Gasteiger partial charge in [0.15, 0.2) is 0 Å². The molecule has 4 aliphatic carbocycles. The summed E-state index contributed by atoms with van der Waals surface area (Å²) >= 11 is 0. The van der Waals surface area contributed by atoms with Gasteiger partial charge in [0.1, 0.15) is 0 Å². The molecular formula is C51H84Si2. The third-order valence-corrected chi connectivity index (χ3v) is 29.6. The van der Waals surface area contributed by atoms with Crippen molar-refractivity contribution in [2.24, 2.45) is 58.2 Å². The molecule has 6 unspecified atom stereocenters. The van der Waals surface area contributed by atoms with Crippen molar-refractivity contribution in [2.75, 3.05) is 0 Å². The lowest BCUT2D eigenvalue weighted by atomic mass is 9.50. The Balaban J connectivity index is 1.63. The smallest absolute Gasteiger partial charge is 0.0675 e. The highest BCUT2D eigenvalue weighted by atomic mass is 28.3. The fourth-order valence-electron chi connectivity index (χ4n) is 14.5. The first-order valence-electron chi connectivity index (χ1n) is 23.4. The van der Waals surface area contributed by atoms with Crippen LogP contribution >= 0.6 is 0 Å². The van der Waals surface area contributed by atoms with E-state index in [-0.39, 0.29) is 5.41 Å². The summed E-state index contributed by atoms with van der Waals surface area (Å²) in [6.45, 7) is 30.4. The highest BCUT2D eigenvalue weighted by molar-refractivity contribution is 6.92. The lowest BCUT2D eigenvalue weighted by Crippen LogP contribution is -2.51. The maximum absolute atomic E-state index is 2.77. The fourth-order valence-corrected chi connectivity index (χ4v) is 21.7. The van der Waals surface area contributed by atoms with Gasteiger partial charge in [-0.25, -0.2) is 0 Å². The first kappa shape index (κ1) is 41.5. The molecule has 4 fully saturated rings. The predicted octanol–water partition coefficient (Wildman–Crippen LogP) is 14.4. The maximum atomic E-state index is 2.77. The second-order valence-electron chi connectivity index (χ2n) is 21.6. The molecule has 4 saturated carbocycles. The van der Waals surface area contributed by atoms with Crippen molar-refractivity contribution >= 4 is 26.5 Å². The van der Waals surface area contributed by atoms with Crippen molar-refractivity contribution in [3.8, 4) is 0 Å². The molecule has 53 heavy (non-hydrogen) atoms. The molecule has 6 rings (SSSR count). The zero-order valence-electron chi connectivity index (χ0n) is 37.1. The van der Waals surface area contributed by atoms with Crippen molar-refractivity contribution in [1.82, 2.24) is 0 Å². The normalized spacial score (nSPS) is 28.9. The predicted molar refractivity (Wildman–Crippen MR) is 240 cm³/mol. The van der Waals surface area contributed by atoms with Crippen molar-refractivity contribution in [3.05, 3.63) is 59.7 Å². The van der Waals surface area contributed by atoms with Crippen molar-refractivity contribution < 1.29 is 0 Å². The highest BCUT2D eigenvalue weighted by Crippen LogP contribution is 2.69. The van der Waals surface area contributed by atoms with Crippen molar-refractivity contribution in [3.63, 3.8) is 0 Å². The van der Waals surface area contributed by atoms with Gasteiger partial charge in [-0.2, -0.15) is 0 Å². The Morgan fingerprint density at radius 3 is 1.08 bits per heavy atom. The zero-order chi connectivity index (χ0) is 38.4. The third-order valence-electron chi connectivity index (χ3n) is 18.4. The van der Waals surface area contributed by atoms with E-state index < -0.39 is 16.1 Å². The second kappa shape index (κ2) is 16.0. The van der Waals surface area contributed by atoms with Crippen LogP contribution in [0.2, 0.25) is 36.3 Å². The lowest BCUT2D eigenvalue weighted by molar-refractivity contribution is 0.0428. The number of hydrogen-bond acceptors (Lipinski definition) is 0. The van der Waals surface area contributed by atoms with Crippen LogP contribution in [0.3, 0.4) is 0 Å². The van der Waals surface area contributed by atoms with Crippen molar-refractivity contribution in [2.45, 2.75) is 189 Å². The molecule has 296 valence electrons. The molecule has 2 heteroatoms. The average molecular weight is 753 g/mol. The van der Waals surface area contributed by atoms with Crippen LogP contribution in [0.25, 0.3) is 0 Å². The van der Waals surface area contributed by atoms with E-state index in [4.69, 9.17) is 0 Å². The number of rotatable bonds is 12. The summed E-state index contributed by atoms with van der Waals surface area (Å²) in [4.78, 5) is 0. The van der Waals surface area contributed by atoms with E-state index in [1.807, 2.05) is 0 Å². The molecule has 2 aromatic carbocycles. The molecule has 0 amide bonds. The van der Waals surface area contributed by atoms with Crippen LogP contribution in [-0.2, 0) is 5.41 Å². The standard InChI is InChI=1S/C51H84Si2/c1-13-52(14-2,15-3)42-29-23-38(24-30-42)51(37-21-19-20-22-37,39-25-31-43(32-26-39)53(16-4,17-5)18-6)48-46-35-40(49(7,8)9)27-33-44(46)45-34-28-41(36-47(45)48)50(10,11)12/h23-26,29-32,37,40-41,44-48H,13-22,27-28,33-36H2,1-12H3/t40?,41?,44-,45?,46?,47?,48?/m1/s1. The zero-order valence-corrected chi connectivity index (χ0v) is 39.1. The monoisotopic (exact) mass is 753 g/mol. The van der Waals surface area contributed by atoms with Gasteiger partial charge in [0.25, 0.3) is 0 Å². The molecule has 0 nitrogen and oxygen atoms in total. The van der Waals surface area contributed by atoms with E-state index in [0.29, 0.717) is 10.8 Å². The summed E-state index contributed by atoms with van der Waals surface area (Å²) in [5.41, 5.74) is 4.31. The minimum absolute atomic E-state index is 0.0964. The third kappa shape index (κ3) is 7.20. The van der Waals surface area contributed by atoms with Gasteiger partial charge in [-0.05, 0) is 121 Å². The molecule has 0 aliphatic heterocycles. The Hall–Kier alpha value is -1.13. The lowest BCUT2D eigenvalue weighted by Gasteiger charge is -2.53. The topological polar surface area (TPSA) is 0 Å². The minimum Gasteiger partial charge on any atom is -0.0675 e. The van der Waals surface area contributed by atoms with E-state index >= 15 is 0 Å². The first-order valence-corrected chi connectivity index (χ1v) is 28.7. The Bertz CT molecular complexity index is 1340. The van der Waals surface area contributed by atoms with E-state index in [1.54, 1.807) is 21.5 Å². The van der Waals surface area contributed by atoms with E-state index in [2.05, 4.69) is 132 Å². The number of benzene rings is 2. The molecule has 0 aromatic heterocycles. The SMILES string of the molecule is CC[Si](CC)(CC)c1ccc(C(c2ccc([Si](CC)(CC)CC)cc2)(C2CCCC2)C2C3CC(C(C)(C)C)CCC3[C@H]3CCC(C(C)(C)C)CC23)cc1. The summed E-state index contributed by atoms with van der Waals surface area (Å²) < 4.78 is 0. The molecule has 0 saturated heterocycles. The molecule has 2 aromatic rings. The molecule has 0 spiro atoms. The summed E-state index contributed by atoms with van der Waals surface area (Å²) in [6.07, 6.45) is 14.5. The van der Waals surface area contributed by atoms with Crippen molar-refractivity contribution in [1.29, 1.82) is 0 Å². The number of hydrogen-bond donors (Lipinski definition) is 0. The maximum Gasteiger partial charge on any atom is 0.0859 e. The van der Waals surface area contributed by atoms with Crippen LogP contribution in [0.4, 0.5) is 0 Å². The Morgan fingerprint density at radius 1 is 0.434 bits per heavy atom. The van der Waals surface area contributed by atoms with Crippen LogP contribution in [0.15, 0.2) is 48.5 Å². The van der Waals surface area contributed by atoms with Crippen LogP contribution in [-0.4, -0.2) is 16.1 Å². The summed E-state index contributed by atoms with van der Waals surface area (Å²) in [5, 5.41) is 3.46. The van der Waals surface area contributed by atoms with Gasteiger partial charge in [0, 0.05) is 5.41 Å². The van der Waals surface area contributed by atoms with Gasteiger partial charge in [-0.15, -0.1) is 0 Å². The largest absolute Gasteiger partial charge is 0.0859 e. The molecule has 7 atom stereocenters. The van der Waals surface area contributed by atoms with Crippen LogP contribution in [0.5, 0.6) is 0 Å². The molecule has 0 N–H and O–H groups in total. The Labute approximate surface area is 331 Å². The molecule has 0 radical (unpaired) electrons. The molecule has 0 heterocycles. The fraction of sp³-hybridized carbons (Fsp3) is 0.765. The van der Waals surface area contributed by atoms with Crippen LogP contribution < -0.4 is 10.4 Å².